The molecule has 2 N–H and O–H groups in total. The number of guanidine groups is 1. The van der Waals surface area contributed by atoms with Crippen LogP contribution in [0.1, 0.15) is 19.4 Å². The van der Waals surface area contributed by atoms with Crippen molar-refractivity contribution in [1.29, 1.82) is 0 Å². The van der Waals surface area contributed by atoms with E-state index in [9.17, 15) is 17.2 Å². The van der Waals surface area contributed by atoms with Crippen molar-refractivity contribution in [2.75, 3.05) is 24.6 Å². The van der Waals surface area contributed by atoms with E-state index < -0.39 is 21.5 Å². The second kappa shape index (κ2) is 8.67. The zero-order chi connectivity index (χ0) is 16.6. The second-order valence-corrected chi connectivity index (χ2v) is 7.07. The summed E-state index contributed by atoms with van der Waals surface area (Å²) in [7, 11) is -3.06. The van der Waals surface area contributed by atoms with Crippen LogP contribution in [0.2, 0.25) is 0 Å². The van der Waals surface area contributed by atoms with Crippen molar-refractivity contribution in [2.24, 2.45) is 4.99 Å². The van der Waals surface area contributed by atoms with E-state index in [4.69, 9.17) is 0 Å². The third kappa shape index (κ3) is 6.38. The third-order valence-electron chi connectivity index (χ3n) is 2.90. The van der Waals surface area contributed by atoms with Gasteiger partial charge in [-0.15, -0.1) is 0 Å². The van der Waals surface area contributed by atoms with Crippen LogP contribution in [0.5, 0.6) is 0 Å². The minimum absolute atomic E-state index is 0.0117. The van der Waals surface area contributed by atoms with Crippen LogP contribution >= 0.6 is 0 Å². The predicted octanol–water partition coefficient (Wildman–Crippen LogP) is 1.45. The van der Waals surface area contributed by atoms with Gasteiger partial charge in [0.1, 0.15) is 11.6 Å². The Bertz CT molecular complexity index is 619. The molecule has 0 bridgehead atoms. The largest absolute Gasteiger partial charge is 0.357 e. The van der Waals surface area contributed by atoms with Crippen LogP contribution in [-0.4, -0.2) is 39.0 Å². The molecule has 0 heterocycles. The molecule has 0 spiro atoms. The van der Waals surface area contributed by atoms with E-state index >= 15 is 0 Å². The van der Waals surface area contributed by atoms with Crippen molar-refractivity contribution < 1.29 is 17.2 Å². The number of nitrogens with one attached hydrogen (secondary N) is 2. The van der Waals surface area contributed by atoms with Crippen molar-refractivity contribution in [3.8, 4) is 0 Å². The number of hydrogen-bond donors (Lipinski definition) is 2. The first-order valence-electron chi connectivity index (χ1n) is 7.04. The Morgan fingerprint density at radius 1 is 1.23 bits per heavy atom. The molecule has 1 aromatic rings. The average Bonchev–Trinajstić information content (AvgIpc) is 2.47. The quantitative estimate of drug-likeness (QED) is 0.585. The summed E-state index contributed by atoms with van der Waals surface area (Å²) in [4.78, 5) is 4.12. The lowest BCUT2D eigenvalue weighted by Gasteiger charge is -2.11. The van der Waals surface area contributed by atoms with Gasteiger partial charge in [-0.1, -0.05) is 6.92 Å². The van der Waals surface area contributed by atoms with Crippen LogP contribution in [0.25, 0.3) is 0 Å². The summed E-state index contributed by atoms with van der Waals surface area (Å²) in [5.74, 6) is -0.635. The number of rotatable bonds is 7. The maximum Gasteiger partial charge on any atom is 0.191 e. The number of benzene rings is 1. The lowest BCUT2D eigenvalue weighted by Crippen LogP contribution is -2.39. The molecule has 0 aromatic heterocycles. The van der Waals surface area contributed by atoms with Gasteiger partial charge in [-0.2, -0.15) is 0 Å². The average molecular weight is 333 g/mol. The molecule has 5 nitrogen and oxygen atoms in total. The maximum absolute atomic E-state index is 13.5. The van der Waals surface area contributed by atoms with Gasteiger partial charge in [-0.05, 0) is 25.1 Å². The molecule has 0 unspecified atom stereocenters. The maximum atomic E-state index is 13.5. The first-order valence-corrected chi connectivity index (χ1v) is 8.86. The van der Waals surface area contributed by atoms with Gasteiger partial charge in [0.2, 0.25) is 0 Å². The molecule has 0 fully saturated rings. The van der Waals surface area contributed by atoms with Crippen LogP contribution in [-0.2, 0) is 16.4 Å². The highest BCUT2D eigenvalue weighted by atomic mass is 32.2. The zero-order valence-electron chi connectivity index (χ0n) is 12.7. The molecule has 0 aliphatic rings. The highest BCUT2D eigenvalue weighted by Crippen LogP contribution is 2.10. The van der Waals surface area contributed by atoms with Crippen LogP contribution < -0.4 is 10.6 Å². The number of sulfone groups is 1. The van der Waals surface area contributed by atoms with Crippen molar-refractivity contribution in [3.63, 3.8) is 0 Å². The fourth-order valence-corrected chi connectivity index (χ4v) is 2.34. The summed E-state index contributed by atoms with van der Waals surface area (Å²) in [5, 5.41) is 5.78. The Morgan fingerprint density at radius 3 is 2.59 bits per heavy atom. The molecule has 0 atom stereocenters. The number of halogens is 2. The summed E-state index contributed by atoms with van der Waals surface area (Å²) in [6.45, 7) is 4.16. The van der Waals surface area contributed by atoms with E-state index in [1.165, 1.54) is 0 Å². The molecule has 8 heteroatoms. The van der Waals surface area contributed by atoms with Gasteiger partial charge in [-0.3, -0.25) is 0 Å². The minimum atomic E-state index is -3.06. The summed E-state index contributed by atoms with van der Waals surface area (Å²) in [5.41, 5.74) is 0.137. The lowest BCUT2D eigenvalue weighted by atomic mass is 10.2. The molecule has 0 aliphatic carbocycles. The Hall–Kier alpha value is -1.70. The van der Waals surface area contributed by atoms with Gasteiger partial charge in [0.05, 0.1) is 12.3 Å². The normalized spacial score (nSPS) is 12.3. The first-order chi connectivity index (χ1) is 10.4. The molecule has 0 aliphatic heterocycles. The molecular weight excluding hydrogens is 312 g/mol. The highest BCUT2D eigenvalue weighted by Gasteiger charge is 2.08. The Labute approximate surface area is 129 Å². The third-order valence-corrected chi connectivity index (χ3v) is 4.61. The molecular formula is C14H21F2N3O2S. The van der Waals surface area contributed by atoms with Gasteiger partial charge in [0.25, 0.3) is 0 Å². The number of nitrogens with zero attached hydrogens (tertiary/aromatic N) is 1. The van der Waals surface area contributed by atoms with Gasteiger partial charge >= 0.3 is 0 Å². The molecule has 0 saturated carbocycles. The molecule has 124 valence electrons. The summed E-state index contributed by atoms with van der Waals surface area (Å²) >= 11 is 0. The van der Waals surface area contributed by atoms with Crippen molar-refractivity contribution in [3.05, 3.63) is 35.4 Å². The molecule has 22 heavy (non-hydrogen) atoms. The van der Waals surface area contributed by atoms with E-state index in [-0.39, 0.29) is 30.2 Å². The fraction of sp³-hybridized carbons (Fsp3) is 0.500. The van der Waals surface area contributed by atoms with Crippen LogP contribution in [0.15, 0.2) is 23.2 Å². The van der Waals surface area contributed by atoms with Crippen molar-refractivity contribution >= 4 is 15.8 Å². The topological polar surface area (TPSA) is 70.6 Å². The number of aliphatic imine (C=N–C) groups is 1. The molecule has 0 radical (unpaired) electrons. The Balaban J connectivity index is 2.67. The van der Waals surface area contributed by atoms with E-state index in [0.29, 0.717) is 12.5 Å². The minimum Gasteiger partial charge on any atom is -0.357 e. The van der Waals surface area contributed by atoms with Crippen LogP contribution in [0.3, 0.4) is 0 Å². The standard InChI is InChI=1S/C14H21F2N3O2S/c1-3-17-14(18-7-8-22(20,21)4-2)19-10-11-9-12(15)5-6-13(11)16/h5-6,9H,3-4,7-8,10H2,1-2H3,(H2,17,18,19). The zero-order valence-corrected chi connectivity index (χ0v) is 13.5. The van der Waals surface area contributed by atoms with Crippen molar-refractivity contribution in [1.82, 2.24) is 10.6 Å². The highest BCUT2D eigenvalue weighted by molar-refractivity contribution is 7.91. The van der Waals surface area contributed by atoms with Crippen LogP contribution in [0.4, 0.5) is 8.78 Å². The Kier molecular flexibility index (Phi) is 7.23. The Morgan fingerprint density at radius 2 is 1.95 bits per heavy atom. The molecule has 0 saturated heterocycles. The van der Waals surface area contributed by atoms with Gasteiger partial charge in [-0.25, -0.2) is 22.2 Å². The first kappa shape index (κ1) is 18.3. The smallest absolute Gasteiger partial charge is 0.191 e. The number of hydrogen-bond acceptors (Lipinski definition) is 3. The monoisotopic (exact) mass is 333 g/mol. The lowest BCUT2D eigenvalue weighted by molar-refractivity contribution is 0.585. The van der Waals surface area contributed by atoms with E-state index in [0.717, 1.165) is 18.2 Å². The summed E-state index contributed by atoms with van der Waals surface area (Å²) < 4.78 is 49.4. The molecule has 1 aromatic carbocycles. The predicted molar refractivity (Wildman–Crippen MR) is 83.5 cm³/mol. The second-order valence-electron chi connectivity index (χ2n) is 4.59. The molecule has 1 rings (SSSR count). The van der Waals surface area contributed by atoms with E-state index in [1.807, 2.05) is 6.92 Å². The van der Waals surface area contributed by atoms with E-state index in [2.05, 4.69) is 15.6 Å². The molecule has 0 amide bonds. The summed E-state index contributed by atoms with van der Waals surface area (Å²) in [6, 6.07) is 3.18. The van der Waals surface area contributed by atoms with Gasteiger partial charge < -0.3 is 10.6 Å². The van der Waals surface area contributed by atoms with Crippen LogP contribution in [0, 0.1) is 11.6 Å². The fourth-order valence-electron chi connectivity index (χ4n) is 1.64. The van der Waals surface area contributed by atoms with E-state index in [1.54, 1.807) is 6.92 Å². The van der Waals surface area contributed by atoms with Crippen molar-refractivity contribution in [2.45, 2.75) is 20.4 Å². The van der Waals surface area contributed by atoms with Gasteiger partial charge in [0.15, 0.2) is 15.8 Å². The summed E-state index contributed by atoms with van der Waals surface area (Å²) in [6.07, 6.45) is 0. The SMILES string of the molecule is CCNC(=NCc1cc(F)ccc1F)NCCS(=O)(=O)CC. The van der Waals surface area contributed by atoms with Gasteiger partial charge in [0, 0.05) is 24.4 Å².